The molecule has 3 aliphatic heterocycles. The van der Waals surface area contributed by atoms with Gasteiger partial charge in [-0.2, -0.15) is 0 Å². The van der Waals surface area contributed by atoms with Crippen molar-refractivity contribution in [1.29, 1.82) is 0 Å². The number of aliphatic hydroxyl groups is 3. The molecule has 0 unspecified atom stereocenters. The highest BCUT2D eigenvalue weighted by Crippen LogP contribution is 2.50. The first-order chi connectivity index (χ1) is 26.3. The number of rotatable bonds is 1. The quantitative estimate of drug-likeness (QED) is 0.115. The average Bonchev–Trinajstić information content (AvgIpc) is 3.44. The first-order valence-corrected chi connectivity index (χ1v) is 18.4. The van der Waals surface area contributed by atoms with Crippen molar-refractivity contribution in [3.05, 3.63) is 81.0 Å². The Labute approximate surface area is 322 Å². The van der Waals surface area contributed by atoms with Crippen molar-refractivity contribution in [3.8, 4) is 23.0 Å². The van der Waals surface area contributed by atoms with Gasteiger partial charge in [-0.05, 0) is 38.5 Å². The number of nitrogens with one attached hydrogen (secondary N) is 1. The number of phenolic OH excluding ortho intramolecular Hbond substituents is 1. The molecule has 9 atom stereocenters. The molecule has 298 valence electrons. The highest BCUT2D eigenvalue weighted by atomic mass is 19.1. The molecule has 1 aliphatic carbocycles. The fourth-order valence-corrected chi connectivity index (χ4v) is 7.55. The Hall–Kier alpha value is -5.15. The van der Waals surface area contributed by atoms with E-state index < -0.39 is 88.2 Å². The summed E-state index contributed by atoms with van der Waals surface area (Å²) < 4.78 is 39.3. The van der Waals surface area contributed by atoms with Crippen molar-refractivity contribution in [1.82, 2.24) is 4.98 Å². The summed E-state index contributed by atoms with van der Waals surface area (Å²) in [6, 6.07) is 2.98. The summed E-state index contributed by atoms with van der Waals surface area (Å²) in [5.74, 6) is -7.80. The third-order valence-corrected chi connectivity index (χ3v) is 11.4. The number of allylic oxidation sites excluding steroid dienone is 2. The SMILES string of the molecule is CO[C@H]1/C=C/O[C@@]2(C)Oc3c(C)c(O)c4c(=O)c(c5oc6c(F)c(C)ccc6nc-5c4c3C2=O)NC(=O)/C(C)=C\C=C\[C@H](C)[C@H](O)[C@@H](C)[C@@H](O)[C@@H](C)[C@H](O)[C@@H]1C. The number of aromatic hydroxyl groups is 1. The van der Waals surface area contributed by atoms with Gasteiger partial charge in [0.2, 0.25) is 5.43 Å². The van der Waals surface area contributed by atoms with Crippen molar-refractivity contribution in [2.75, 3.05) is 12.4 Å². The van der Waals surface area contributed by atoms with E-state index in [-0.39, 0.29) is 61.3 Å². The number of hydrogen-bond acceptors (Lipinski definition) is 12. The summed E-state index contributed by atoms with van der Waals surface area (Å²) in [6.07, 6.45) is 3.26. The Balaban J connectivity index is 1.60. The summed E-state index contributed by atoms with van der Waals surface area (Å²) in [4.78, 5) is 47.2. The van der Waals surface area contributed by atoms with E-state index >= 15 is 4.39 Å². The van der Waals surface area contributed by atoms with Crippen molar-refractivity contribution in [2.24, 2.45) is 23.7 Å². The maximum Gasteiger partial charge on any atom is 0.312 e. The number of methoxy groups -OCH3 is 1. The van der Waals surface area contributed by atoms with Crippen molar-refractivity contribution >= 4 is 39.2 Å². The zero-order chi connectivity index (χ0) is 41.1. The number of aryl methyl sites for hydroxylation is 1. The second-order valence-corrected chi connectivity index (χ2v) is 15.2. The number of halogens is 1. The van der Waals surface area contributed by atoms with Crippen molar-refractivity contribution in [3.63, 3.8) is 0 Å². The van der Waals surface area contributed by atoms with Crippen LogP contribution in [-0.2, 0) is 14.3 Å². The molecule has 6 rings (SSSR count). The second-order valence-electron chi connectivity index (χ2n) is 15.2. The lowest BCUT2D eigenvalue weighted by molar-refractivity contribution is -0.112. The van der Waals surface area contributed by atoms with Crippen LogP contribution in [0.25, 0.3) is 33.3 Å². The number of aliphatic hydroxyl groups excluding tert-OH is 3. The van der Waals surface area contributed by atoms with E-state index in [1.807, 2.05) is 0 Å². The Morgan fingerprint density at radius 2 is 1.59 bits per heavy atom. The van der Waals surface area contributed by atoms with Gasteiger partial charge in [0.25, 0.3) is 11.7 Å². The van der Waals surface area contributed by atoms with Crippen LogP contribution >= 0.6 is 0 Å². The number of nitrogens with zero attached hydrogens (tertiary/aromatic N) is 1. The molecule has 2 aromatic rings. The number of fused-ring (bicyclic) bond motifs is 2. The molecular weight excluding hydrogens is 727 g/mol. The Morgan fingerprint density at radius 3 is 2.27 bits per heavy atom. The number of carbonyl (C=O) groups excluding carboxylic acids is 2. The van der Waals surface area contributed by atoms with Crippen LogP contribution < -0.4 is 15.5 Å². The lowest BCUT2D eigenvalue weighted by Crippen LogP contribution is -2.44. The first-order valence-electron chi connectivity index (χ1n) is 18.4. The smallest absolute Gasteiger partial charge is 0.312 e. The van der Waals surface area contributed by atoms with E-state index in [1.165, 1.54) is 65.4 Å². The monoisotopic (exact) mass is 774 g/mol. The van der Waals surface area contributed by atoms with Crippen LogP contribution in [0.15, 0.2) is 57.5 Å². The van der Waals surface area contributed by atoms with Gasteiger partial charge in [0.1, 0.15) is 28.4 Å². The minimum atomic E-state index is -2.04. The molecule has 4 aliphatic rings. The molecule has 0 aromatic heterocycles. The van der Waals surface area contributed by atoms with Gasteiger partial charge in [0.05, 0.1) is 41.6 Å². The minimum absolute atomic E-state index is 0.0293. The van der Waals surface area contributed by atoms with E-state index in [9.17, 15) is 34.8 Å². The molecule has 0 saturated heterocycles. The summed E-state index contributed by atoms with van der Waals surface area (Å²) in [5, 5.41) is 47.4. The van der Waals surface area contributed by atoms with E-state index in [0.29, 0.717) is 0 Å². The number of Topliss-reactive ketones (excluding diaryl/α,β-unsaturated/α-hetero) is 1. The van der Waals surface area contributed by atoms with Crippen LogP contribution in [-0.4, -0.2) is 74.4 Å². The number of carbonyl (C=O) groups is 2. The third kappa shape index (κ3) is 6.63. The van der Waals surface area contributed by atoms with E-state index in [0.717, 1.165) is 0 Å². The zero-order valence-corrected chi connectivity index (χ0v) is 32.6. The first kappa shape index (κ1) is 40.5. The molecule has 0 fully saturated rings. The summed E-state index contributed by atoms with van der Waals surface area (Å²) in [5.41, 5.74) is -1.59. The Morgan fingerprint density at radius 1 is 0.929 bits per heavy atom. The number of hydrogen-bond donors (Lipinski definition) is 5. The molecule has 2 aromatic carbocycles. The van der Waals surface area contributed by atoms with Gasteiger partial charge in [-0.1, -0.05) is 52.0 Å². The summed E-state index contributed by atoms with van der Waals surface area (Å²) in [6.45, 7) is 12.6. The molecule has 3 heterocycles. The number of ketones is 1. The van der Waals surface area contributed by atoms with E-state index in [2.05, 4.69) is 10.3 Å². The Kier molecular flexibility index (Phi) is 10.9. The number of phenols is 1. The van der Waals surface area contributed by atoms with Crippen LogP contribution in [0.1, 0.15) is 63.0 Å². The number of amides is 1. The van der Waals surface area contributed by atoms with Gasteiger partial charge in [0, 0.05) is 54.2 Å². The topological polar surface area (TPSA) is 198 Å². The van der Waals surface area contributed by atoms with Crippen LogP contribution in [0, 0.1) is 43.3 Å². The van der Waals surface area contributed by atoms with Gasteiger partial charge < -0.3 is 44.4 Å². The van der Waals surface area contributed by atoms with Crippen molar-refractivity contribution < 1.29 is 53.0 Å². The molecular formula is C42H47FN2O11. The predicted molar refractivity (Wildman–Crippen MR) is 206 cm³/mol. The van der Waals surface area contributed by atoms with Crippen LogP contribution in [0.3, 0.4) is 0 Å². The molecule has 1 amide bonds. The summed E-state index contributed by atoms with van der Waals surface area (Å²) >= 11 is 0. The molecule has 0 saturated carbocycles. The van der Waals surface area contributed by atoms with Crippen LogP contribution in [0.2, 0.25) is 0 Å². The molecule has 4 bridgehead atoms. The van der Waals surface area contributed by atoms with Gasteiger partial charge >= 0.3 is 5.79 Å². The highest BCUT2D eigenvalue weighted by Gasteiger charge is 2.50. The minimum Gasteiger partial charge on any atom is -0.507 e. The second kappa shape index (κ2) is 15.1. The number of benzene rings is 3. The Bertz CT molecular complexity index is 2370. The standard InChI is InChI=1S/C42H47FN2O11/c1-17-13-14-24-38(29(17)43)55-39-30(44-24)26-27-35(49)23(7)37-28(26)40(51)42(8,56-37)54-16-15-25(53-9)20(4)33(47)22(6)34(48)21(5)32(46)18(2)11-10-12-19(3)41(52)45-31(39)36(27)50/h10-16,18,20-22,25,32-34,46-49H,1-9H3,(H,45,52)/b11-10+,16-15+,19-12-/t18-,20+,21+,22-,25-,32-,33+,34+,42-/m0/s1. The maximum absolute atomic E-state index is 15.5. The van der Waals surface area contributed by atoms with Crippen LogP contribution in [0.4, 0.5) is 10.1 Å². The van der Waals surface area contributed by atoms with Gasteiger partial charge in [0.15, 0.2) is 17.2 Å². The zero-order valence-electron chi connectivity index (χ0n) is 32.6. The highest BCUT2D eigenvalue weighted by molar-refractivity contribution is 6.22. The van der Waals surface area contributed by atoms with Gasteiger partial charge in [-0.25, -0.2) is 9.37 Å². The summed E-state index contributed by atoms with van der Waals surface area (Å²) in [7, 11) is 1.43. The van der Waals surface area contributed by atoms with E-state index in [1.54, 1.807) is 39.8 Å². The van der Waals surface area contributed by atoms with Crippen molar-refractivity contribution in [2.45, 2.75) is 85.6 Å². The maximum atomic E-state index is 15.5. The fraction of sp³-hybridized carbons (Fsp3) is 0.429. The molecule has 0 spiro atoms. The fourth-order valence-electron chi connectivity index (χ4n) is 7.55. The van der Waals surface area contributed by atoms with Crippen LogP contribution in [0.5, 0.6) is 11.5 Å². The average molecular weight is 775 g/mol. The largest absolute Gasteiger partial charge is 0.507 e. The number of aromatic nitrogens is 1. The number of ether oxygens (including phenoxy) is 3. The van der Waals surface area contributed by atoms with Gasteiger partial charge in [-0.15, -0.1) is 0 Å². The van der Waals surface area contributed by atoms with Gasteiger partial charge in [-0.3, -0.25) is 14.4 Å². The lowest BCUT2D eigenvalue weighted by Gasteiger charge is -2.36. The molecule has 13 nitrogen and oxygen atoms in total. The number of anilines is 1. The third-order valence-electron chi connectivity index (χ3n) is 11.4. The molecule has 5 N–H and O–H groups in total. The molecule has 14 heteroatoms. The lowest BCUT2D eigenvalue weighted by atomic mass is 9.78. The normalized spacial score (nSPS) is 31.3. The van der Waals surface area contributed by atoms with E-state index in [4.69, 9.17) is 18.6 Å². The molecule has 0 radical (unpaired) electrons. The molecule has 56 heavy (non-hydrogen) atoms. The predicted octanol–water partition coefficient (Wildman–Crippen LogP) is 5.83.